The lowest BCUT2D eigenvalue weighted by atomic mass is 10.1. The van der Waals surface area contributed by atoms with E-state index in [-0.39, 0.29) is 23.1 Å². The first-order valence-corrected chi connectivity index (χ1v) is 6.43. The third-order valence-corrected chi connectivity index (χ3v) is 3.25. The maximum absolute atomic E-state index is 12.4. The number of pyridine rings is 1. The zero-order valence-electron chi connectivity index (χ0n) is 10.6. The van der Waals surface area contributed by atoms with Crippen molar-refractivity contribution in [3.8, 4) is 0 Å². The van der Waals surface area contributed by atoms with Crippen LogP contribution in [0.1, 0.15) is 30.1 Å². The molecule has 0 aliphatic carbocycles. The van der Waals surface area contributed by atoms with Crippen molar-refractivity contribution in [3.05, 3.63) is 34.2 Å². The van der Waals surface area contributed by atoms with E-state index in [2.05, 4.69) is 10.3 Å². The van der Waals surface area contributed by atoms with Crippen molar-refractivity contribution >= 4 is 5.91 Å². The van der Waals surface area contributed by atoms with Crippen LogP contribution in [-0.4, -0.2) is 41.5 Å². The van der Waals surface area contributed by atoms with Crippen molar-refractivity contribution in [2.75, 3.05) is 19.6 Å². The van der Waals surface area contributed by atoms with E-state index >= 15 is 0 Å². The summed E-state index contributed by atoms with van der Waals surface area (Å²) in [5.74, 6) is -0.160. The summed E-state index contributed by atoms with van der Waals surface area (Å²) in [6, 6.07) is 3.48. The summed E-state index contributed by atoms with van der Waals surface area (Å²) >= 11 is 0. The van der Waals surface area contributed by atoms with Crippen molar-refractivity contribution < 1.29 is 4.79 Å². The highest BCUT2D eigenvalue weighted by atomic mass is 16.2. The lowest BCUT2D eigenvalue weighted by molar-refractivity contribution is 0.0690. The van der Waals surface area contributed by atoms with Gasteiger partial charge in [-0.25, -0.2) is 0 Å². The quantitative estimate of drug-likeness (QED) is 0.820. The Morgan fingerprint density at radius 2 is 2.39 bits per heavy atom. The van der Waals surface area contributed by atoms with Gasteiger partial charge >= 0.3 is 0 Å². The number of aromatic nitrogens is 1. The molecule has 2 heterocycles. The molecule has 18 heavy (non-hydrogen) atoms. The molecule has 1 aromatic rings. The Labute approximate surface area is 106 Å². The minimum atomic E-state index is -0.311. The molecule has 1 unspecified atom stereocenters. The molecule has 2 rings (SSSR count). The number of nitrogens with one attached hydrogen (secondary N) is 2. The first-order chi connectivity index (χ1) is 8.74. The second-order valence-electron chi connectivity index (χ2n) is 4.56. The van der Waals surface area contributed by atoms with Gasteiger partial charge in [-0.2, -0.15) is 0 Å². The average molecular weight is 249 g/mol. The van der Waals surface area contributed by atoms with E-state index in [0.29, 0.717) is 6.54 Å². The molecule has 1 aliphatic heterocycles. The van der Waals surface area contributed by atoms with Crippen molar-refractivity contribution in [1.29, 1.82) is 0 Å². The fraction of sp³-hybridized carbons (Fsp3) is 0.538. The predicted molar refractivity (Wildman–Crippen MR) is 69.7 cm³/mol. The van der Waals surface area contributed by atoms with Crippen molar-refractivity contribution in [2.24, 2.45) is 0 Å². The minimum absolute atomic E-state index is 0.160. The van der Waals surface area contributed by atoms with Gasteiger partial charge in [-0.15, -0.1) is 0 Å². The van der Waals surface area contributed by atoms with Crippen LogP contribution in [-0.2, 0) is 0 Å². The first-order valence-electron chi connectivity index (χ1n) is 6.43. The topological polar surface area (TPSA) is 65.2 Å². The van der Waals surface area contributed by atoms with E-state index in [9.17, 15) is 9.59 Å². The number of amides is 1. The Bertz CT molecular complexity index is 463. The van der Waals surface area contributed by atoms with Gasteiger partial charge in [0.2, 0.25) is 0 Å². The normalized spacial score (nSPS) is 18.8. The van der Waals surface area contributed by atoms with Crippen LogP contribution in [0.25, 0.3) is 0 Å². The summed E-state index contributed by atoms with van der Waals surface area (Å²) in [5, 5.41) is 3.25. The van der Waals surface area contributed by atoms with Crippen LogP contribution in [0.2, 0.25) is 0 Å². The molecule has 0 spiro atoms. The molecule has 0 bridgehead atoms. The minimum Gasteiger partial charge on any atom is -0.334 e. The molecule has 5 nitrogen and oxygen atoms in total. The molecule has 0 radical (unpaired) electrons. The van der Waals surface area contributed by atoms with Gasteiger partial charge in [0.1, 0.15) is 5.56 Å². The van der Waals surface area contributed by atoms with Crippen LogP contribution in [0.15, 0.2) is 23.1 Å². The van der Waals surface area contributed by atoms with Gasteiger partial charge in [0.05, 0.1) is 0 Å². The van der Waals surface area contributed by atoms with E-state index in [4.69, 9.17) is 0 Å². The number of H-pyrrole nitrogens is 1. The van der Waals surface area contributed by atoms with Gasteiger partial charge < -0.3 is 15.2 Å². The molecule has 5 heteroatoms. The maximum Gasteiger partial charge on any atom is 0.260 e. The number of carbonyl (C=O) groups is 1. The fourth-order valence-corrected chi connectivity index (χ4v) is 2.34. The predicted octanol–water partition coefficient (Wildman–Crippen LogP) is 0.589. The van der Waals surface area contributed by atoms with Crippen LogP contribution in [0, 0.1) is 0 Å². The van der Waals surface area contributed by atoms with Crippen molar-refractivity contribution in [3.63, 3.8) is 0 Å². The molecule has 1 aliphatic rings. The summed E-state index contributed by atoms with van der Waals surface area (Å²) in [5.41, 5.74) is -0.0765. The van der Waals surface area contributed by atoms with Crippen molar-refractivity contribution in [1.82, 2.24) is 15.2 Å². The van der Waals surface area contributed by atoms with E-state index in [1.807, 2.05) is 11.8 Å². The second kappa shape index (κ2) is 5.82. The number of aromatic amines is 1. The standard InChI is InChI=1S/C13H19N3O2/c1-2-8-16(10-5-7-14-9-10)13(18)11-4-3-6-15-12(11)17/h3-4,6,10,14H,2,5,7-9H2,1H3,(H,15,17). The van der Waals surface area contributed by atoms with Crippen LogP contribution >= 0.6 is 0 Å². The van der Waals surface area contributed by atoms with E-state index in [0.717, 1.165) is 25.9 Å². The molecule has 1 saturated heterocycles. The Balaban J connectivity index is 2.22. The zero-order valence-corrected chi connectivity index (χ0v) is 10.6. The second-order valence-corrected chi connectivity index (χ2v) is 4.56. The zero-order chi connectivity index (χ0) is 13.0. The van der Waals surface area contributed by atoms with Crippen LogP contribution < -0.4 is 10.9 Å². The highest BCUT2D eigenvalue weighted by Crippen LogP contribution is 2.12. The Morgan fingerprint density at radius 1 is 1.56 bits per heavy atom. The average Bonchev–Trinajstić information content (AvgIpc) is 2.89. The summed E-state index contributed by atoms with van der Waals surface area (Å²) in [6.07, 6.45) is 3.39. The number of carbonyl (C=O) groups excluding carboxylic acids is 1. The first kappa shape index (κ1) is 12.8. The molecule has 98 valence electrons. The summed E-state index contributed by atoms with van der Waals surface area (Å²) in [6.45, 7) is 4.48. The third-order valence-electron chi connectivity index (χ3n) is 3.25. The van der Waals surface area contributed by atoms with Crippen LogP contribution in [0.3, 0.4) is 0 Å². The summed E-state index contributed by atoms with van der Waals surface area (Å²) < 4.78 is 0. The Morgan fingerprint density at radius 3 is 3.00 bits per heavy atom. The third kappa shape index (κ3) is 2.61. The van der Waals surface area contributed by atoms with Crippen molar-refractivity contribution in [2.45, 2.75) is 25.8 Å². The molecular formula is C13H19N3O2. The van der Waals surface area contributed by atoms with Gasteiger partial charge in [-0.05, 0) is 31.5 Å². The number of hydrogen-bond acceptors (Lipinski definition) is 3. The van der Waals surface area contributed by atoms with E-state index in [1.54, 1.807) is 18.3 Å². The molecule has 2 N–H and O–H groups in total. The SMILES string of the molecule is CCCN(C(=O)c1ccc[nH]c1=O)C1CCNC1. The van der Waals surface area contributed by atoms with E-state index < -0.39 is 0 Å². The smallest absolute Gasteiger partial charge is 0.260 e. The molecule has 1 aromatic heterocycles. The molecule has 0 aromatic carbocycles. The number of nitrogens with zero attached hydrogens (tertiary/aromatic N) is 1. The fourth-order valence-electron chi connectivity index (χ4n) is 2.34. The molecular weight excluding hydrogens is 230 g/mol. The Hall–Kier alpha value is -1.62. The number of hydrogen-bond donors (Lipinski definition) is 2. The number of rotatable bonds is 4. The maximum atomic E-state index is 12.4. The largest absolute Gasteiger partial charge is 0.334 e. The monoisotopic (exact) mass is 249 g/mol. The Kier molecular flexibility index (Phi) is 4.15. The van der Waals surface area contributed by atoms with Crippen LogP contribution in [0.5, 0.6) is 0 Å². The summed E-state index contributed by atoms with van der Waals surface area (Å²) in [4.78, 5) is 28.5. The molecule has 0 saturated carbocycles. The van der Waals surface area contributed by atoms with Gasteiger partial charge in [-0.1, -0.05) is 6.92 Å². The lowest BCUT2D eigenvalue weighted by Gasteiger charge is -2.28. The van der Waals surface area contributed by atoms with Gasteiger partial charge in [0, 0.05) is 25.3 Å². The molecule has 1 atom stereocenters. The van der Waals surface area contributed by atoms with E-state index in [1.165, 1.54) is 0 Å². The van der Waals surface area contributed by atoms with Crippen LogP contribution in [0.4, 0.5) is 0 Å². The highest BCUT2D eigenvalue weighted by Gasteiger charge is 2.27. The molecule has 1 fully saturated rings. The van der Waals surface area contributed by atoms with Gasteiger partial charge in [0.15, 0.2) is 0 Å². The highest BCUT2D eigenvalue weighted by molar-refractivity contribution is 5.94. The van der Waals surface area contributed by atoms with Gasteiger partial charge in [0.25, 0.3) is 11.5 Å². The lowest BCUT2D eigenvalue weighted by Crippen LogP contribution is -2.43. The van der Waals surface area contributed by atoms with Gasteiger partial charge in [-0.3, -0.25) is 9.59 Å². The molecule has 1 amide bonds. The summed E-state index contributed by atoms with van der Waals surface area (Å²) in [7, 11) is 0.